The van der Waals surface area contributed by atoms with Gasteiger partial charge in [0, 0.05) is 12.2 Å². The van der Waals surface area contributed by atoms with Crippen molar-refractivity contribution < 1.29 is 0 Å². The van der Waals surface area contributed by atoms with E-state index in [2.05, 4.69) is 37.4 Å². The van der Waals surface area contributed by atoms with Crippen LogP contribution >= 0.6 is 11.8 Å². The number of para-hydroxylation sites is 1. The van der Waals surface area contributed by atoms with Crippen molar-refractivity contribution in [2.24, 2.45) is 0 Å². The number of H-pyrrole nitrogens is 1. The van der Waals surface area contributed by atoms with Gasteiger partial charge in [-0.25, -0.2) is 9.89 Å². The zero-order chi connectivity index (χ0) is 19.2. The van der Waals surface area contributed by atoms with E-state index in [9.17, 15) is 4.79 Å². The van der Waals surface area contributed by atoms with Gasteiger partial charge in [0.2, 0.25) is 11.9 Å². The molecule has 0 bridgehead atoms. The Morgan fingerprint density at radius 1 is 1.26 bits per heavy atom. The number of nitrogens with zero attached hydrogens (tertiary/aromatic N) is 5. The molecule has 0 aliphatic carbocycles. The Bertz CT molecular complexity index is 968. The van der Waals surface area contributed by atoms with Crippen LogP contribution in [0.5, 0.6) is 0 Å². The Labute approximate surface area is 160 Å². The van der Waals surface area contributed by atoms with Crippen molar-refractivity contribution in [3.63, 3.8) is 0 Å². The van der Waals surface area contributed by atoms with E-state index in [4.69, 9.17) is 5.73 Å². The average molecular weight is 386 g/mol. The fourth-order valence-electron chi connectivity index (χ4n) is 2.45. The van der Waals surface area contributed by atoms with Crippen molar-refractivity contribution in [2.75, 3.05) is 11.1 Å². The number of aromatic nitrogens is 6. The number of nitrogens with two attached hydrogens (primary N) is 1. The van der Waals surface area contributed by atoms with Crippen LogP contribution in [-0.2, 0) is 12.3 Å². The number of aromatic amines is 1. The number of nitrogen functional groups attached to an aromatic ring is 1. The first-order valence-electron chi connectivity index (χ1n) is 8.68. The molecule has 0 saturated carbocycles. The first-order valence-corrected chi connectivity index (χ1v) is 9.66. The van der Waals surface area contributed by atoms with E-state index in [1.165, 1.54) is 11.8 Å². The molecule has 10 heteroatoms. The van der Waals surface area contributed by atoms with Crippen molar-refractivity contribution in [1.82, 2.24) is 29.7 Å². The summed E-state index contributed by atoms with van der Waals surface area (Å²) in [7, 11) is 0. The molecule has 0 aliphatic heterocycles. The second-order valence-corrected chi connectivity index (χ2v) is 6.92. The summed E-state index contributed by atoms with van der Waals surface area (Å²) < 4.78 is 1.63. The highest BCUT2D eigenvalue weighted by molar-refractivity contribution is 7.98. The number of hydrogen-bond donors (Lipinski definition) is 3. The van der Waals surface area contributed by atoms with Crippen LogP contribution in [-0.4, -0.2) is 29.7 Å². The third-order valence-corrected chi connectivity index (χ3v) is 4.85. The molecule has 2 heterocycles. The summed E-state index contributed by atoms with van der Waals surface area (Å²) in [4.78, 5) is 24.6. The van der Waals surface area contributed by atoms with E-state index in [1.807, 2.05) is 31.2 Å². The van der Waals surface area contributed by atoms with E-state index in [0.717, 1.165) is 24.1 Å². The van der Waals surface area contributed by atoms with Gasteiger partial charge in [-0.3, -0.25) is 4.57 Å². The lowest BCUT2D eigenvalue weighted by atomic mass is 10.2. The number of rotatable bonds is 8. The number of unbranched alkanes of at least 4 members (excludes halogenated alkanes) is 1. The lowest BCUT2D eigenvalue weighted by molar-refractivity contribution is 0.573. The van der Waals surface area contributed by atoms with Crippen LogP contribution in [0, 0.1) is 6.92 Å². The van der Waals surface area contributed by atoms with Gasteiger partial charge in [-0.15, -0.1) is 5.10 Å². The van der Waals surface area contributed by atoms with Gasteiger partial charge in [0.25, 0.3) is 0 Å². The molecule has 27 heavy (non-hydrogen) atoms. The van der Waals surface area contributed by atoms with Crippen LogP contribution < -0.4 is 16.7 Å². The molecule has 0 saturated heterocycles. The molecule has 0 atom stereocenters. The van der Waals surface area contributed by atoms with Crippen LogP contribution in [0.4, 0.5) is 17.6 Å². The SMILES string of the molecule is CCCCn1c(SCc2nc(N)nc(Nc3ccccc3C)n2)n[nH]c1=O. The van der Waals surface area contributed by atoms with Crippen molar-refractivity contribution in [2.45, 2.75) is 44.1 Å². The van der Waals surface area contributed by atoms with E-state index < -0.39 is 0 Å². The second-order valence-electron chi connectivity index (χ2n) is 5.98. The van der Waals surface area contributed by atoms with Crippen LogP contribution in [0.25, 0.3) is 0 Å². The summed E-state index contributed by atoms with van der Waals surface area (Å²) in [5.74, 6) is 1.46. The van der Waals surface area contributed by atoms with Gasteiger partial charge >= 0.3 is 5.69 Å². The van der Waals surface area contributed by atoms with E-state index in [0.29, 0.717) is 29.2 Å². The first-order chi connectivity index (χ1) is 13.1. The molecule has 9 nitrogen and oxygen atoms in total. The van der Waals surface area contributed by atoms with Gasteiger partial charge in [0.05, 0.1) is 5.75 Å². The Hall–Kier alpha value is -2.88. The average Bonchev–Trinajstić information content (AvgIpc) is 2.99. The third-order valence-electron chi connectivity index (χ3n) is 3.88. The molecule has 0 unspecified atom stereocenters. The Kier molecular flexibility index (Phi) is 6.07. The van der Waals surface area contributed by atoms with Crippen LogP contribution in [0.1, 0.15) is 31.2 Å². The summed E-state index contributed by atoms with van der Waals surface area (Å²) in [6, 6.07) is 7.84. The molecule has 0 fully saturated rings. The Balaban J connectivity index is 1.74. The molecule has 4 N–H and O–H groups in total. The molecule has 3 aromatic rings. The highest BCUT2D eigenvalue weighted by atomic mass is 32.2. The summed E-state index contributed by atoms with van der Waals surface area (Å²) in [6.07, 6.45) is 1.91. The molecular formula is C17H22N8OS. The summed E-state index contributed by atoms with van der Waals surface area (Å²) in [5.41, 5.74) is 7.60. The molecule has 2 aromatic heterocycles. The first kappa shape index (κ1) is 18.9. The third kappa shape index (κ3) is 4.85. The van der Waals surface area contributed by atoms with Crippen LogP contribution in [0.15, 0.2) is 34.2 Å². The van der Waals surface area contributed by atoms with Crippen molar-refractivity contribution >= 4 is 29.3 Å². The summed E-state index contributed by atoms with van der Waals surface area (Å²) >= 11 is 1.38. The van der Waals surface area contributed by atoms with Crippen molar-refractivity contribution in [3.8, 4) is 0 Å². The lowest BCUT2D eigenvalue weighted by Crippen LogP contribution is -2.17. The maximum absolute atomic E-state index is 11.9. The fraction of sp³-hybridized carbons (Fsp3) is 0.353. The number of nitrogens with one attached hydrogen (secondary N) is 2. The Morgan fingerprint density at radius 2 is 2.07 bits per heavy atom. The number of aryl methyl sites for hydroxylation is 1. The van der Waals surface area contributed by atoms with Crippen LogP contribution in [0.2, 0.25) is 0 Å². The molecule has 0 radical (unpaired) electrons. The quantitative estimate of drug-likeness (QED) is 0.504. The summed E-state index contributed by atoms with van der Waals surface area (Å²) in [5, 5.41) is 10.3. The molecule has 3 rings (SSSR count). The van der Waals surface area contributed by atoms with Crippen LogP contribution in [0.3, 0.4) is 0 Å². The van der Waals surface area contributed by atoms with Gasteiger partial charge < -0.3 is 11.1 Å². The van der Waals surface area contributed by atoms with E-state index in [1.54, 1.807) is 4.57 Å². The number of hydrogen-bond acceptors (Lipinski definition) is 8. The van der Waals surface area contributed by atoms with Gasteiger partial charge in [0.15, 0.2) is 5.16 Å². The van der Waals surface area contributed by atoms with E-state index >= 15 is 0 Å². The smallest absolute Gasteiger partial charge is 0.343 e. The molecule has 142 valence electrons. The summed E-state index contributed by atoms with van der Waals surface area (Å²) in [6.45, 7) is 4.71. The predicted octanol–water partition coefficient (Wildman–Crippen LogP) is 2.48. The minimum atomic E-state index is -0.206. The zero-order valence-corrected chi connectivity index (χ0v) is 16.1. The topological polar surface area (TPSA) is 127 Å². The maximum Gasteiger partial charge on any atom is 0.343 e. The standard InChI is InChI=1S/C17H22N8OS/c1-3-4-9-25-16(26)23-24-17(25)27-10-13-20-14(18)22-15(21-13)19-12-8-6-5-7-11(12)2/h5-8H,3-4,9-10H2,1-2H3,(H,23,26)(H3,18,19,20,21,22). The van der Waals surface area contributed by atoms with E-state index in [-0.39, 0.29) is 11.6 Å². The predicted molar refractivity (Wildman–Crippen MR) is 106 cm³/mol. The van der Waals surface area contributed by atoms with Crippen molar-refractivity contribution in [1.29, 1.82) is 0 Å². The fourth-order valence-corrected chi connectivity index (χ4v) is 3.28. The van der Waals surface area contributed by atoms with Gasteiger partial charge in [-0.2, -0.15) is 15.0 Å². The molecule has 0 amide bonds. The van der Waals surface area contributed by atoms with Gasteiger partial charge in [0.1, 0.15) is 5.82 Å². The largest absolute Gasteiger partial charge is 0.368 e. The second kappa shape index (κ2) is 8.67. The zero-order valence-electron chi connectivity index (χ0n) is 15.3. The molecular weight excluding hydrogens is 364 g/mol. The maximum atomic E-state index is 11.9. The minimum absolute atomic E-state index is 0.141. The Morgan fingerprint density at radius 3 is 2.85 bits per heavy atom. The number of thioether (sulfide) groups is 1. The molecule has 1 aromatic carbocycles. The highest BCUT2D eigenvalue weighted by Crippen LogP contribution is 2.21. The molecule has 0 spiro atoms. The normalized spacial score (nSPS) is 10.9. The minimum Gasteiger partial charge on any atom is -0.368 e. The monoisotopic (exact) mass is 386 g/mol. The van der Waals surface area contributed by atoms with Gasteiger partial charge in [-0.05, 0) is 25.0 Å². The van der Waals surface area contributed by atoms with Gasteiger partial charge in [-0.1, -0.05) is 43.3 Å². The number of benzene rings is 1. The number of anilines is 3. The highest BCUT2D eigenvalue weighted by Gasteiger charge is 2.11. The van der Waals surface area contributed by atoms with Crippen molar-refractivity contribution in [3.05, 3.63) is 46.1 Å². The molecule has 0 aliphatic rings. The lowest BCUT2D eigenvalue weighted by Gasteiger charge is -2.09.